The lowest BCUT2D eigenvalue weighted by atomic mass is 10.1. The summed E-state index contributed by atoms with van der Waals surface area (Å²) in [7, 11) is 1.65. The molecule has 1 N–H and O–H groups in total. The van der Waals surface area contributed by atoms with E-state index in [2.05, 4.69) is 20.6 Å². The first-order valence-electron chi connectivity index (χ1n) is 8.90. The highest BCUT2D eigenvalue weighted by Gasteiger charge is 2.35. The summed E-state index contributed by atoms with van der Waals surface area (Å²) in [6.07, 6.45) is 2.26. The molecule has 3 aromatic rings. The second kappa shape index (κ2) is 9.53. The summed E-state index contributed by atoms with van der Waals surface area (Å²) in [6.45, 7) is 1.25. The molecule has 4 heterocycles. The van der Waals surface area contributed by atoms with Crippen molar-refractivity contribution in [1.82, 2.24) is 15.2 Å². The van der Waals surface area contributed by atoms with Gasteiger partial charge < -0.3 is 14.5 Å². The number of rotatable bonds is 9. The maximum absolute atomic E-state index is 12.9. The van der Waals surface area contributed by atoms with Crippen molar-refractivity contribution < 1.29 is 13.9 Å². The van der Waals surface area contributed by atoms with Crippen molar-refractivity contribution in [3.05, 3.63) is 46.5 Å². The maximum atomic E-state index is 12.9. The van der Waals surface area contributed by atoms with Crippen LogP contribution in [-0.2, 0) is 9.53 Å². The smallest absolute Gasteiger partial charge is 0.253 e. The van der Waals surface area contributed by atoms with E-state index in [4.69, 9.17) is 9.15 Å². The molecular formula is C18H19N5O3S3. The molecule has 0 saturated heterocycles. The number of aromatic nitrogens is 2. The number of amides is 1. The van der Waals surface area contributed by atoms with Gasteiger partial charge in [-0.2, -0.15) is 5.10 Å². The van der Waals surface area contributed by atoms with Gasteiger partial charge in [-0.3, -0.25) is 4.79 Å². The van der Waals surface area contributed by atoms with E-state index in [0.29, 0.717) is 24.7 Å². The number of hydrazone groups is 1. The van der Waals surface area contributed by atoms with Crippen LogP contribution in [0.2, 0.25) is 0 Å². The number of ether oxygens (including phenoxy) is 1. The molecule has 8 nitrogen and oxygen atoms in total. The molecular weight excluding hydrogens is 430 g/mol. The van der Waals surface area contributed by atoms with Crippen molar-refractivity contribution >= 4 is 51.2 Å². The van der Waals surface area contributed by atoms with Crippen LogP contribution in [0.15, 0.2) is 49.8 Å². The van der Waals surface area contributed by atoms with Crippen molar-refractivity contribution in [2.75, 3.05) is 31.3 Å². The van der Waals surface area contributed by atoms with Gasteiger partial charge in [0.1, 0.15) is 11.8 Å². The number of nitrogens with zero attached hydrogens (tertiary/aromatic N) is 4. The number of thioether (sulfide) groups is 1. The second-order valence-corrected chi connectivity index (χ2v) is 9.23. The molecule has 0 saturated carbocycles. The Morgan fingerprint density at radius 1 is 1.41 bits per heavy atom. The van der Waals surface area contributed by atoms with Crippen LogP contribution in [0.1, 0.15) is 23.1 Å². The predicted octanol–water partition coefficient (Wildman–Crippen LogP) is 3.72. The molecule has 0 radical (unpaired) electrons. The fourth-order valence-corrected chi connectivity index (χ4v) is 5.17. The number of nitrogens with one attached hydrogen (secondary N) is 1. The Morgan fingerprint density at radius 2 is 2.34 bits per heavy atom. The monoisotopic (exact) mass is 449 g/mol. The van der Waals surface area contributed by atoms with Gasteiger partial charge in [0, 0.05) is 20.1 Å². The third-order valence-corrected chi connectivity index (χ3v) is 7.07. The number of thiophene rings is 1. The molecule has 1 atom stereocenters. The van der Waals surface area contributed by atoms with Gasteiger partial charge in [0.05, 0.1) is 29.2 Å². The Hall–Kier alpha value is -2.21. The number of anilines is 1. The summed E-state index contributed by atoms with van der Waals surface area (Å²) in [5.41, 5.74) is 0.903. The highest BCUT2D eigenvalue weighted by atomic mass is 32.2. The van der Waals surface area contributed by atoms with Gasteiger partial charge in [-0.25, -0.2) is 5.01 Å². The van der Waals surface area contributed by atoms with Crippen molar-refractivity contribution in [3.63, 3.8) is 0 Å². The van der Waals surface area contributed by atoms with E-state index in [1.165, 1.54) is 23.1 Å². The fraction of sp³-hybridized carbons (Fsp3) is 0.333. The van der Waals surface area contributed by atoms with E-state index >= 15 is 0 Å². The highest BCUT2D eigenvalue weighted by molar-refractivity contribution is 8.01. The van der Waals surface area contributed by atoms with Crippen LogP contribution in [0.25, 0.3) is 0 Å². The number of carbonyl (C=O) groups is 1. The minimum atomic E-state index is -0.226. The molecule has 3 aromatic heterocycles. The molecule has 11 heteroatoms. The molecule has 0 spiro atoms. The quantitative estimate of drug-likeness (QED) is 0.393. The highest BCUT2D eigenvalue weighted by Crippen LogP contribution is 2.35. The van der Waals surface area contributed by atoms with E-state index in [0.717, 1.165) is 20.7 Å². The standard InChI is InChI=1S/C18H19N5O3S3/c1-25-8-6-19-17-20-21-18(29-17)28-11-16(24)23-13(14-4-2-7-26-14)10-12(22-23)15-5-3-9-27-15/h2-5,7,9,13H,6,8,10-11H2,1H3,(H,19,20)/t13-/m0/s1. The van der Waals surface area contributed by atoms with E-state index in [9.17, 15) is 4.79 Å². The Labute approximate surface area is 180 Å². The minimum absolute atomic E-state index is 0.0907. The van der Waals surface area contributed by atoms with Gasteiger partial charge in [0.15, 0.2) is 4.34 Å². The Kier molecular flexibility index (Phi) is 6.60. The van der Waals surface area contributed by atoms with E-state index in [-0.39, 0.29) is 17.7 Å². The zero-order chi connectivity index (χ0) is 20.1. The minimum Gasteiger partial charge on any atom is -0.467 e. The van der Waals surface area contributed by atoms with Crippen molar-refractivity contribution in [2.24, 2.45) is 5.10 Å². The van der Waals surface area contributed by atoms with Crippen LogP contribution < -0.4 is 5.32 Å². The molecule has 29 heavy (non-hydrogen) atoms. The molecule has 4 rings (SSSR count). The average molecular weight is 450 g/mol. The summed E-state index contributed by atoms with van der Waals surface area (Å²) in [5.74, 6) is 0.872. The third-order valence-electron chi connectivity index (χ3n) is 4.15. The predicted molar refractivity (Wildman–Crippen MR) is 115 cm³/mol. The van der Waals surface area contributed by atoms with Gasteiger partial charge in [-0.05, 0) is 23.6 Å². The average Bonchev–Trinajstić information content (AvgIpc) is 3.52. The van der Waals surface area contributed by atoms with Crippen molar-refractivity contribution in [2.45, 2.75) is 16.8 Å². The normalized spacial score (nSPS) is 16.2. The number of carbonyl (C=O) groups excluding carboxylic acids is 1. The Bertz CT molecular complexity index is 955. The summed E-state index contributed by atoms with van der Waals surface area (Å²) >= 11 is 4.39. The number of methoxy groups -OCH3 is 1. The van der Waals surface area contributed by atoms with Gasteiger partial charge >= 0.3 is 0 Å². The second-order valence-electron chi connectivity index (χ2n) is 6.08. The Balaban J connectivity index is 1.41. The van der Waals surface area contributed by atoms with E-state index < -0.39 is 0 Å². The topological polar surface area (TPSA) is 92.8 Å². The van der Waals surface area contributed by atoms with Crippen LogP contribution in [0.3, 0.4) is 0 Å². The molecule has 0 unspecified atom stereocenters. The molecule has 0 aliphatic carbocycles. The lowest BCUT2D eigenvalue weighted by Crippen LogP contribution is -2.28. The molecule has 0 aromatic carbocycles. The molecule has 1 aliphatic rings. The van der Waals surface area contributed by atoms with Crippen LogP contribution in [-0.4, -0.2) is 52.8 Å². The van der Waals surface area contributed by atoms with Gasteiger partial charge in [0.25, 0.3) is 5.91 Å². The lowest BCUT2D eigenvalue weighted by Gasteiger charge is -2.19. The number of hydrogen-bond donors (Lipinski definition) is 1. The lowest BCUT2D eigenvalue weighted by molar-refractivity contribution is -0.130. The zero-order valence-corrected chi connectivity index (χ0v) is 18.1. The van der Waals surface area contributed by atoms with Crippen LogP contribution in [0, 0.1) is 0 Å². The van der Waals surface area contributed by atoms with Gasteiger partial charge in [0.2, 0.25) is 5.13 Å². The first kappa shape index (κ1) is 20.1. The summed E-state index contributed by atoms with van der Waals surface area (Å²) in [4.78, 5) is 14.0. The molecule has 1 aliphatic heterocycles. The van der Waals surface area contributed by atoms with Gasteiger partial charge in [-0.15, -0.1) is 21.5 Å². The Morgan fingerprint density at radius 3 is 3.10 bits per heavy atom. The molecule has 152 valence electrons. The summed E-state index contributed by atoms with van der Waals surface area (Å²) < 4.78 is 11.3. The zero-order valence-electron chi connectivity index (χ0n) is 15.6. The first-order valence-corrected chi connectivity index (χ1v) is 11.6. The number of hydrogen-bond acceptors (Lipinski definition) is 10. The SMILES string of the molecule is COCCNc1nnc(SCC(=O)N2N=C(c3cccs3)C[C@H]2c2ccco2)s1. The van der Waals surface area contributed by atoms with E-state index in [1.54, 1.807) is 29.7 Å². The third kappa shape index (κ3) is 4.86. The van der Waals surface area contributed by atoms with Gasteiger partial charge in [-0.1, -0.05) is 29.2 Å². The number of furan rings is 1. The van der Waals surface area contributed by atoms with Crippen LogP contribution in [0.4, 0.5) is 5.13 Å². The largest absolute Gasteiger partial charge is 0.467 e. The fourth-order valence-electron chi connectivity index (χ4n) is 2.82. The van der Waals surface area contributed by atoms with Crippen LogP contribution in [0.5, 0.6) is 0 Å². The maximum Gasteiger partial charge on any atom is 0.253 e. The molecule has 0 bridgehead atoms. The van der Waals surface area contributed by atoms with E-state index in [1.807, 2.05) is 29.6 Å². The first-order chi connectivity index (χ1) is 14.2. The van der Waals surface area contributed by atoms with Crippen molar-refractivity contribution in [3.8, 4) is 0 Å². The molecule has 0 fully saturated rings. The van der Waals surface area contributed by atoms with Crippen LogP contribution >= 0.6 is 34.4 Å². The molecule has 1 amide bonds. The summed E-state index contributed by atoms with van der Waals surface area (Å²) in [5, 5.41) is 20.2. The van der Waals surface area contributed by atoms with Crippen molar-refractivity contribution in [1.29, 1.82) is 0 Å². The summed E-state index contributed by atoms with van der Waals surface area (Å²) in [6, 6.07) is 7.49.